The maximum absolute atomic E-state index is 9.75. The highest BCUT2D eigenvalue weighted by molar-refractivity contribution is 5.19. The maximum Gasteiger partial charge on any atom is 0.101 e. The number of allylic oxidation sites excluding steroid dienone is 1. The fourth-order valence-electron chi connectivity index (χ4n) is 2.55. The quantitative estimate of drug-likeness (QED) is 0.601. The van der Waals surface area contributed by atoms with Crippen molar-refractivity contribution in [1.82, 2.24) is 0 Å². The number of hydrogen-bond acceptors (Lipinski definition) is 2. The SMILES string of the molecule is CO[C@]12CC[C@](C)(C=C[C@@H]1O)C2. The van der Waals surface area contributed by atoms with E-state index in [4.69, 9.17) is 4.74 Å². The zero-order valence-electron chi connectivity index (χ0n) is 7.71. The van der Waals surface area contributed by atoms with Crippen LogP contribution in [0, 0.1) is 5.41 Å². The van der Waals surface area contributed by atoms with Crippen LogP contribution in [0.1, 0.15) is 26.2 Å². The highest BCUT2D eigenvalue weighted by Gasteiger charge is 2.51. The molecule has 2 heteroatoms. The number of aliphatic hydroxyl groups is 1. The molecule has 2 aliphatic rings. The van der Waals surface area contributed by atoms with Crippen LogP contribution in [0.15, 0.2) is 12.2 Å². The van der Waals surface area contributed by atoms with E-state index in [9.17, 15) is 5.11 Å². The number of fused-ring (bicyclic) bond motifs is 2. The van der Waals surface area contributed by atoms with Crippen LogP contribution in [0.5, 0.6) is 0 Å². The Morgan fingerprint density at radius 3 is 2.83 bits per heavy atom. The first-order valence-electron chi connectivity index (χ1n) is 4.53. The molecule has 0 aliphatic heterocycles. The van der Waals surface area contributed by atoms with Gasteiger partial charge in [0.15, 0.2) is 0 Å². The minimum absolute atomic E-state index is 0.273. The molecular formula is C10H16O2. The molecule has 1 fully saturated rings. The van der Waals surface area contributed by atoms with Crippen LogP contribution in [0.2, 0.25) is 0 Å². The fraction of sp³-hybridized carbons (Fsp3) is 0.800. The first-order chi connectivity index (χ1) is 5.60. The average Bonchev–Trinajstić information content (AvgIpc) is 2.36. The largest absolute Gasteiger partial charge is 0.386 e. The molecule has 2 nitrogen and oxygen atoms in total. The molecule has 68 valence electrons. The average molecular weight is 168 g/mol. The fourth-order valence-corrected chi connectivity index (χ4v) is 2.55. The summed E-state index contributed by atoms with van der Waals surface area (Å²) in [4.78, 5) is 0. The van der Waals surface area contributed by atoms with Gasteiger partial charge < -0.3 is 9.84 Å². The Balaban J connectivity index is 2.33. The summed E-state index contributed by atoms with van der Waals surface area (Å²) in [5.74, 6) is 0. The summed E-state index contributed by atoms with van der Waals surface area (Å²) < 4.78 is 5.45. The normalized spacial score (nSPS) is 51.4. The Morgan fingerprint density at radius 1 is 1.50 bits per heavy atom. The number of rotatable bonds is 1. The van der Waals surface area contributed by atoms with Crippen molar-refractivity contribution in [2.45, 2.75) is 37.9 Å². The smallest absolute Gasteiger partial charge is 0.101 e. The van der Waals surface area contributed by atoms with E-state index in [1.165, 1.54) is 0 Å². The second-order valence-corrected chi connectivity index (χ2v) is 4.40. The summed E-state index contributed by atoms with van der Waals surface area (Å²) in [6.07, 6.45) is 6.71. The van der Waals surface area contributed by atoms with Crippen LogP contribution in [0.25, 0.3) is 0 Å². The van der Waals surface area contributed by atoms with E-state index >= 15 is 0 Å². The molecule has 0 spiro atoms. The van der Waals surface area contributed by atoms with Gasteiger partial charge in [-0.1, -0.05) is 19.1 Å². The van der Waals surface area contributed by atoms with Gasteiger partial charge in [-0.3, -0.25) is 0 Å². The first-order valence-corrected chi connectivity index (χ1v) is 4.53. The van der Waals surface area contributed by atoms with Gasteiger partial charge in [0.25, 0.3) is 0 Å². The van der Waals surface area contributed by atoms with Gasteiger partial charge in [-0.15, -0.1) is 0 Å². The third-order valence-electron chi connectivity index (χ3n) is 3.45. The van der Waals surface area contributed by atoms with Crippen molar-refractivity contribution in [3.05, 3.63) is 12.2 Å². The van der Waals surface area contributed by atoms with E-state index in [2.05, 4.69) is 13.0 Å². The van der Waals surface area contributed by atoms with Gasteiger partial charge >= 0.3 is 0 Å². The van der Waals surface area contributed by atoms with Gasteiger partial charge in [-0.2, -0.15) is 0 Å². The molecule has 0 aromatic heterocycles. The topological polar surface area (TPSA) is 29.5 Å². The summed E-state index contributed by atoms with van der Waals surface area (Å²) in [6, 6.07) is 0. The van der Waals surface area contributed by atoms with E-state index in [0.29, 0.717) is 0 Å². The standard InChI is InChI=1S/C10H16O2/c1-9-4-3-8(11)10(7-9,12-2)6-5-9/h3-4,8,11H,5-7H2,1-2H3/t8-,9-,10-/m0/s1. The third-order valence-corrected chi connectivity index (χ3v) is 3.45. The lowest BCUT2D eigenvalue weighted by atomic mass is 9.79. The maximum atomic E-state index is 9.75. The van der Waals surface area contributed by atoms with Crippen LogP contribution in [0.3, 0.4) is 0 Å². The Labute approximate surface area is 73.2 Å². The van der Waals surface area contributed by atoms with Crippen LogP contribution in [-0.2, 0) is 4.74 Å². The zero-order valence-corrected chi connectivity index (χ0v) is 7.71. The highest BCUT2D eigenvalue weighted by atomic mass is 16.5. The second kappa shape index (κ2) is 2.33. The zero-order chi connectivity index (χ0) is 8.82. The lowest BCUT2D eigenvalue weighted by Crippen LogP contribution is -2.43. The number of methoxy groups -OCH3 is 1. The van der Waals surface area contributed by atoms with E-state index in [1.54, 1.807) is 7.11 Å². The van der Waals surface area contributed by atoms with Crippen molar-refractivity contribution in [3.63, 3.8) is 0 Å². The van der Waals surface area contributed by atoms with Gasteiger partial charge in [0.2, 0.25) is 0 Å². The Morgan fingerprint density at radius 2 is 2.25 bits per heavy atom. The Bertz CT molecular complexity index is 224. The van der Waals surface area contributed by atoms with Crippen molar-refractivity contribution >= 4 is 0 Å². The van der Waals surface area contributed by atoms with Crippen LogP contribution < -0.4 is 0 Å². The summed E-state index contributed by atoms with van der Waals surface area (Å²) in [7, 11) is 1.70. The van der Waals surface area contributed by atoms with Crippen molar-refractivity contribution in [2.75, 3.05) is 7.11 Å². The lowest BCUT2D eigenvalue weighted by molar-refractivity contribution is -0.0867. The van der Waals surface area contributed by atoms with Gasteiger partial charge in [-0.05, 0) is 24.7 Å². The first kappa shape index (κ1) is 8.27. The van der Waals surface area contributed by atoms with Crippen molar-refractivity contribution < 1.29 is 9.84 Å². The Hall–Kier alpha value is -0.340. The minimum Gasteiger partial charge on any atom is -0.386 e. The molecule has 3 atom stereocenters. The molecule has 1 N–H and O–H groups in total. The van der Waals surface area contributed by atoms with Crippen LogP contribution in [-0.4, -0.2) is 23.9 Å². The molecule has 1 saturated carbocycles. The summed E-state index contributed by atoms with van der Waals surface area (Å²) in [5.41, 5.74) is -0.00125. The molecule has 12 heavy (non-hydrogen) atoms. The molecule has 2 aliphatic carbocycles. The summed E-state index contributed by atoms with van der Waals surface area (Å²) in [6.45, 7) is 2.23. The van der Waals surface area contributed by atoms with E-state index in [0.717, 1.165) is 19.3 Å². The summed E-state index contributed by atoms with van der Waals surface area (Å²) >= 11 is 0. The second-order valence-electron chi connectivity index (χ2n) is 4.40. The van der Waals surface area contributed by atoms with Crippen molar-refractivity contribution in [2.24, 2.45) is 5.41 Å². The predicted molar refractivity (Wildman–Crippen MR) is 46.8 cm³/mol. The van der Waals surface area contributed by atoms with Crippen LogP contribution >= 0.6 is 0 Å². The monoisotopic (exact) mass is 168 g/mol. The molecule has 0 aromatic rings. The molecule has 0 heterocycles. The van der Waals surface area contributed by atoms with Crippen LogP contribution in [0.4, 0.5) is 0 Å². The molecule has 2 bridgehead atoms. The van der Waals surface area contributed by atoms with E-state index in [1.807, 2.05) is 6.08 Å². The predicted octanol–water partition coefficient (Wildman–Crippen LogP) is 1.49. The molecule has 0 unspecified atom stereocenters. The molecular weight excluding hydrogens is 152 g/mol. The van der Waals surface area contributed by atoms with E-state index in [-0.39, 0.29) is 11.0 Å². The van der Waals surface area contributed by atoms with Gasteiger partial charge in [-0.25, -0.2) is 0 Å². The van der Waals surface area contributed by atoms with E-state index < -0.39 is 6.10 Å². The molecule has 0 aromatic carbocycles. The molecule has 0 radical (unpaired) electrons. The van der Waals surface area contributed by atoms with Gasteiger partial charge in [0.05, 0.1) is 5.60 Å². The lowest BCUT2D eigenvalue weighted by Gasteiger charge is -2.36. The molecule has 0 saturated heterocycles. The number of ether oxygens (including phenoxy) is 1. The molecule has 2 rings (SSSR count). The minimum atomic E-state index is -0.405. The number of hydrogen-bond donors (Lipinski definition) is 1. The van der Waals surface area contributed by atoms with Crippen molar-refractivity contribution in [1.29, 1.82) is 0 Å². The summed E-state index contributed by atoms with van der Waals surface area (Å²) in [5, 5.41) is 9.75. The van der Waals surface area contributed by atoms with Crippen molar-refractivity contribution in [3.8, 4) is 0 Å². The Kier molecular flexibility index (Phi) is 1.61. The third kappa shape index (κ3) is 0.947. The molecule has 0 amide bonds. The van der Waals surface area contributed by atoms with Gasteiger partial charge in [0, 0.05) is 7.11 Å². The van der Waals surface area contributed by atoms with Gasteiger partial charge in [0.1, 0.15) is 6.10 Å². The highest BCUT2D eigenvalue weighted by Crippen LogP contribution is 2.51. The number of aliphatic hydroxyl groups excluding tert-OH is 1.